The number of rotatable bonds is 5. The minimum absolute atomic E-state index is 0.0000247. The van der Waals surface area contributed by atoms with Gasteiger partial charge in [0.15, 0.2) is 0 Å². The Balaban J connectivity index is 1.62. The third-order valence-electron chi connectivity index (χ3n) is 4.64. The zero-order valence-corrected chi connectivity index (χ0v) is 13.8. The van der Waals surface area contributed by atoms with Crippen LogP contribution in [0.5, 0.6) is 0 Å². The second-order valence-corrected chi connectivity index (χ2v) is 6.31. The Morgan fingerprint density at radius 3 is 2.83 bits per heavy atom. The number of likely N-dealkylation sites (N-methyl/N-ethyl adjacent to an activating group) is 1. The van der Waals surface area contributed by atoms with Gasteiger partial charge in [0.05, 0.1) is 12.1 Å². The van der Waals surface area contributed by atoms with Crippen molar-refractivity contribution < 1.29 is 4.79 Å². The molecule has 5 heteroatoms. The molecule has 1 fully saturated rings. The largest absolute Gasteiger partial charge is 0.345 e. The summed E-state index contributed by atoms with van der Waals surface area (Å²) in [5.41, 5.74) is 2.41. The first-order valence-corrected chi connectivity index (χ1v) is 8.13. The van der Waals surface area contributed by atoms with Crippen LogP contribution in [0.15, 0.2) is 42.7 Å². The van der Waals surface area contributed by atoms with Gasteiger partial charge in [0.2, 0.25) is 5.91 Å². The van der Waals surface area contributed by atoms with Gasteiger partial charge in [-0.15, -0.1) is 0 Å². The summed E-state index contributed by atoms with van der Waals surface area (Å²) >= 11 is 0. The number of aromatic nitrogens is 2. The number of hydrogen-bond acceptors (Lipinski definition) is 3. The van der Waals surface area contributed by atoms with Crippen LogP contribution in [0.4, 0.5) is 0 Å². The Morgan fingerprint density at radius 2 is 2.13 bits per heavy atom. The lowest BCUT2D eigenvalue weighted by atomic mass is 9.90. The van der Waals surface area contributed by atoms with Crippen molar-refractivity contribution in [2.24, 2.45) is 13.0 Å². The Hall–Kier alpha value is -2.14. The first-order valence-electron chi connectivity index (χ1n) is 8.13. The molecular weight excluding hydrogens is 288 g/mol. The summed E-state index contributed by atoms with van der Waals surface area (Å²) in [4.78, 5) is 14.7. The Bertz CT molecular complexity index is 652. The summed E-state index contributed by atoms with van der Waals surface area (Å²) in [5, 5.41) is 7.60. The molecule has 0 spiro atoms. The van der Waals surface area contributed by atoms with Crippen LogP contribution in [0.2, 0.25) is 0 Å². The van der Waals surface area contributed by atoms with Crippen LogP contribution >= 0.6 is 0 Å². The summed E-state index contributed by atoms with van der Waals surface area (Å²) in [6, 6.07) is 10.3. The molecule has 0 unspecified atom stereocenters. The molecule has 1 aromatic heterocycles. The topological polar surface area (TPSA) is 50.2 Å². The molecule has 2 atom stereocenters. The zero-order chi connectivity index (χ0) is 16.2. The molecule has 1 amide bonds. The molecule has 1 saturated heterocycles. The molecule has 0 radical (unpaired) electrons. The van der Waals surface area contributed by atoms with E-state index in [1.54, 1.807) is 4.68 Å². The summed E-state index contributed by atoms with van der Waals surface area (Å²) in [5.74, 6) is 0.440. The van der Waals surface area contributed by atoms with Gasteiger partial charge < -0.3 is 10.2 Å². The van der Waals surface area contributed by atoms with E-state index < -0.39 is 0 Å². The van der Waals surface area contributed by atoms with Crippen LogP contribution < -0.4 is 5.32 Å². The van der Waals surface area contributed by atoms with Gasteiger partial charge >= 0.3 is 0 Å². The van der Waals surface area contributed by atoms with E-state index in [4.69, 9.17) is 0 Å². The van der Waals surface area contributed by atoms with Crippen molar-refractivity contribution in [1.82, 2.24) is 20.0 Å². The van der Waals surface area contributed by atoms with Gasteiger partial charge in [0.1, 0.15) is 0 Å². The zero-order valence-electron chi connectivity index (χ0n) is 13.8. The predicted octanol–water partition coefficient (Wildman–Crippen LogP) is 1.42. The molecule has 0 bridgehead atoms. The van der Waals surface area contributed by atoms with Gasteiger partial charge in [-0.25, -0.2) is 0 Å². The van der Waals surface area contributed by atoms with E-state index in [0.29, 0.717) is 0 Å². The lowest BCUT2D eigenvalue weighted by Crippen LogP contribution is -2.37. The van der Waals surface area contributed by atoms with Crippen LogP contribution in [0.25, 0.3) is 0 Å². The average Bonchev–Trinajstić information content (AvgIpc) is 3.21. The van der Waals surface area contributed by atoms with Gasteiger partial charge in [0.25, 0.3) is 0 Å². The number of amides is 1. The van der Waals surface area contributed by atoms with Crippen molar-refractivity contribution in [3.05, 3.63) is 53.9 Å². The molecule has 122 valence electrons. The van der Waals surface area contributed by atoms with Crippen molar-refractivity contribution in [1.29, 1.82) is 0 Å². The van der Waals surface area contributed by atoms with Crippen molar-refractivity contribution >= 4 is 5.91 Å². The number of nitrogens with one attached hydrogen (secondary N) is 1. The highest BCUT2D eigenvalue weighted by Gasteiger charge is 2.36. The fourth-order valence-electron chi connectivity index (χ4n) is 3.25. The van der Waals surface area contributed by atoms with Crippen LogP contribution in [0, 0.1) is 5.92 Å². The first-order chi connectivity index (χ1) is 11.1. The third kappa shape index (κ3) is 3.62. The second-order valence-electron chi connectivity index (χ2n) is 6.31. The minimum Gasteiger partial charge on any atom is -0.345 e. The second kappa shape index (κ2) is 6.96. The molecule has 1 N–H and O–H groups in total. The smallest absolute Gasteiger partial charge is 0.227 e. The van der Waals surface area contributed by atoms with Gasteiger partial charge in [-0.05, 0) is 17.5 Å². The number of carbonyl (C=O) groups excluding carboxylic acids is 1. The summed E-state index contributed by atoms with van der Waals surface area (Å²) in [7, 11) is 3.82. The van der Waals surface area contributed by atoms with E-state index in [9.17, 15) is 4.79 Å². The van der Waals surface area contributed by atoms with Crippen molar-refractivity contribution in [3.8, 4) is 0 Å². The summed E-state index contributed by atoms with van der Waals surface area (Å²) < 4.78 is 1.80. The number of benzene rings is 1. The van der Waals surface area contributed by atoms with Gasteiger partial charge in [-0.2, -0.15) is 5.10 Å². The highest BCUT2D eigenvalue weighted by Crippen LogP contribution is 2.29. The third-order valence-corrected chi connectivity index (χ3v) is 4.64. The molecule has 1 aromatic carbocycles. The van der Waals surface area contributed by atoms with Gasteiger partial charge in [-0.1, -0.05) is 30.3 Å². The maximum atomic E-state index is 12.8. The number of carbonyl (C=O) groups is 1. The van der Waals surface area contributed by atoms with E-state index >= 15 is 0 Å². The van der Waals surface area contributed by atoms with Gasteiger partial charge in [0, 0.05) is 45.8 Å². The van der Waals surface area contributed by atoms with E-state index in [1.165, 1.54) is 5.56 Å². The Morgan fingerprint density at radius 1 is 1.35 bits per heavy atom. The van der Waals surface area contributed by atoms with Crippen molar-refractivity contribution in [3.63, 3.8) is 0 Å². The first kappa shape index (κ1) is 15.7. The number of aryl methyl sites for hydroxylation is 1. The molecule has 1 aliphatic heterocycles. The van der Waals surface area contributed by atoms with E-state index in [2.05, 4.69) is 22.5 Å². The van der Waals surface area contributed by atoms with Crippen molar-refractivity contribution in [2.75, 3.05) is 26.7 Å². The van der Waals surface area contributed by atoms with E-state index in [-0.39, 0.29) is 17.7 Å². The van der Waals surface area contributed by atoms with Crippen LogP contribution in [0.1, 0.15) is 17.0 Å². The standard InChI is InChI=1S/C18H24N4O/c1-21(9-8-14-6-4-3-5-7-14)18(23)17-12-19-11-16(17)15-10-20-22(2)13-15/h3-7,10,13,16-17,19H,8-9,11-12H2,1-2H3/t16-,17+/m1/s1. The molecule has 23 heavy (non-hydrogen) atoms. The molecule has 5 nitrogen and oxygen atoms in total. The normalized spacial score (nSPS) is 20.6. The number of nitrogens with zero attached hydrogens (tertiary/aromatic N) is 3. The maximum Gasteiger partial charge on any atom is 0.227 e. The highest BCUT2D eigenvalue weighted by atomic mass is 16.2. The Kier molecular flexibility index (Phi) is 4.76. The molecule has 0 aliphatic carbocycles. The SMILES string of the molecule is CN(CCc1ccccc1)C(=O)[C@H]1CNC[C@@H]1c1cnn(C)c1. The molecule has 3 rings (SSSR count). The monoisotopic (exact) mass is 312 g/mol. The summed E-state index contributed by atoms with van der Waals surface area (Å²) in [6.07, 6.45) is 4.78. The van der Waals surface area contributed by atoms with Crippen LogP contribution in [-0.4, -0.2) is 47.3 Å². The predicted molar refractivity (Wildman–Crippen MR) is 90.1 cm³/mol. The lowest BCUT2D eigenvalue weighted by Gasteiger charge is -2.24. The minimum atomic E-state index is -0.0000247. The van der Waals surface area contributed by atoms with E-state index in [1.807, 2.05) is 49.6 Å². The average molecular weight is 312 g/mol. The van der Waals surface area contributed by atoms with Crippen LogP contribution in [0.3, 0.4) is 0 Å². The van der Waals surface area contributed by atoms with Crippen molar-refractivity contribution in [2.45, 2.75) is 12.3 Å². The Labute approximate surface area is 137 Å². The molecule has 1 aliphatic rings. The highest BCUT2D eigenvalue weighted by molar-refractivity contribution is 5.80. The fourth-order valence-corrected chi connectivity index (χ4v) is 3.25. The lowest BCUT2D eigenvalue weighted by molar-refractivity contribution is -0.134. The summed E-state index contributed by atoms with van der Waals surface area (Å²) in [6.45, 7) is 2.34. The van der Waals surface area contributed by atoms with Gasteiger partial charge in [-0.3, -0.25) is 9.48 Å². The van der Waals surface area contributed by atoms with Crippen LogP contribution in [-0.2, 0) is 18.3 Å². The fraction of sp³-hybridized carbons (Fsp3) is 0.444. The van der Waals surface area contributed by atoms with E-state index in [0.717, 1.165) is 31.6 Å². The molecule has 0 saturated carbocycles. The number of hydrogen-bond donors (Lipinski definition) is 1. The maximum absolute atomic E-state index is 12.8. The quantitative estimate of drug-likeness (QED) is 0.908. The molecular formula is C18H24N4O. The molecule has 2 heterocycles. The molecule has 2 aromatic rings.